The van der Waals surface area contributed by atoms with Crippen molar-refractivity contribution in [2.24, 2.45) is 5.41 Å². The lowest BCUT2D eigenvalue weighted by molar-refractivity contribution is -0.169. The fourth-order valence-corrected chi connectivity index (χ4v) is 9.37. The second kappa shape index (κ2) is 12.0. The Morgan fingerprint density at radius 2 is 1.67 bits per heavy atom. The molecule has 1 spiro atoms. The van der Waals surface area contributed by atoms with Gasteiger partial charge in [-0.1, -0.05) is 0 Å². The summed E-state index contributed by atoms with van der Waals surface area (Å²) in [6.45, 7) is 7.31. The molecule has 252 valence electrons. The number of amides is 1. The molecule has 3 saturated heterocycles. The number of carbonyl (C=O) groups excluding carboxylic acids is 1. The van der Waals surface area contributed by atoms with Gasteiger partial charge in [0.25, 0.3) is 15.9 Å². The SMILES string of the molecule is CCOc1ccc(OC)cc1C1(N2CC3(CN(C4CCN(C)CC4)C3)C2)C(=O)N(S(=O)(=O)c2ccc(OC)cn2)c2ccc(C#N)cc21. The van der Waals surface area contributed by atoms with Gasteiger partial charge in [0, 0.05) is 48.8 Å². The van der Waals surface area contributed by atoms with Gasteiger partial charge in [0.2, 0.25) is 0 Å². The Hall–Kier alpha value is -4.22. The zero-order valence-corrected chi connectivity index (χ0v) is 28.5. The summed E-state index contributed by atoms with van der Waals surface area (Å²) in [6.07, 6.45) is 3.58. The molecule has 12 nitrogen and oxygen atoms in total. The molecule has 1 amide bonds. The van der Waals surface area contributed by atoms with Crippen LogP contribution in [0.25, 0.3) is 0 Å². The number of aromatic nitrogens is 1. The molecule has 1 unspecified atom stereocenters. The molecule has 0 saturated carbocycles. The number of sulfonamides is 1. The van der Waals surface area contributed by atoms with E-state index in [1.54, 1.807) is 31.4 Å². The molecule has 0 bridgehead atoms. The number of hydrogen-bond acceptors (Lipinski definition) is 11. The predicted octanol–water partition coefficient (Wildman–Crippen LogP) is 3.06. The number of fused-ring (bicyclic) bond motifs is 1. The van der Waals surface area contributed by atoms with Crippen LogP contribution in [0.4, 0.5) is 5.69 Å². The number of ether oxygens (including phenoxy) is 3. The number of benzene rings is 2. The van der Waals surface area contributed by atoms with E-state index in [0.29, 0.717) is 59.7 Å². The van der Waals surface area contributed by atoms with Crippen LogP contribution in [-0.2, 0) is 20.4 Å². The van der Waals surface area contributed by atoms with Crippen molar-refractivity contribution >= 4 is 21.6 Å². The van der Waals surface area contributed by atoms with Gasteiger partial charge in [-0.2, -0.15) is 18.0 Å². The molecule has 2 aromatic carbocycles. The Kier molecular flexibility index (Phi) is 8.10. The summed E-state index contributed by atoms with van der Waals surface area (Å²) in [7, 11) is 0.660. The number of pyridine rings is 1. The maximum atomic E-state index is 15.3. The normalized spacial score (nSPS) is 22.9. The van der Waals surface area contributed by atoms with E-state index < -0.39 is 21.5 Å². The Bertz CT molecular complexity index is 1870. The van der Waals surface area contributed by atoms with Gasteiger partial charge in [0.1, 0.15) is 17.2 Å². The molecule has 4 aliphatic heterocycles. The van der Waals surface area contributed by atoms with Crippen LogP contribution in [0.2, 0.25) is 0 Å². The Morgan fingerprint density at radius 3 is 2.29 bits per heavy atom. The average Bonchev–Trinajstić information content (AvgIpc) is 3.32. The number of hydrogen-bond donors (Lipinski definition) is 0. The number of nitriles is 1. The number of carbonyl (C=O) groups is 1. The first-order valence-electron chi connectivity index (χ1n) is 16.2. The van der Waals surface area contributed by atoms with E-state index in [9.17, 15) is 13.7 Å². The van der Waals surface area contributed by atoms with E-state index in [-0.39, 0.29) is 16.1 Å². The molecular weight excluding hydrogens is 632 g/mol. The first-order valence-corrected chi connectivity index (χ1v) is 17.7. The molecule has 3 fully saturated rings. The molecule has 3 aromatic rings. The number of anilines is 1. The molecule has 5 heterocycles. The van der Waals surface area contributed by atoms with Crippen LogP contribution in [0, 0.1) is 16.7 Å². The standard InChI is InChI=1S/C35H40N6O6S/c1-5-47-31-10-7-26(45-3)17-29(31)35(40-22-34(23-40)20-39(21-34)25-12-14-38(2)15-13-25)28-16-24(18-36)6-9-30(28)41(33(35)42)48(43,44)32-11-8-27(46-4)19-37-32/h6-11,16-17,19,25H,5,12-15,20-23H2,1-4H3. The van der Waals surface area contributed by atoms with E-state index in [0.717, 1.165) is 43.3 Å². The summed E-state index contributed by atoms with van der Waals surface area (Å²) in [6, 6.07) is 15.5. The second-order valence-corrected chi connectivity index (χ2v) is 15.0. The Balaban J connectivity index is 1.36. The Labute approximate surface area is 281 Å². The van der Waals surface area contributed by atoms with E-state index >= 15 is 4.79 Å². The Morgan fingerprint density at radius 1 is 0.958 bits per heavy atom. The van der Waals surface area contributed by atoms with Crippen LogP contribution in [-0.4, -0.2) is 107 Å². The lowest BCUT2D eigenvalue weighted by Crippen LogP contribution is -2.77. The van der Waals surface area contributed by atoms with Crippen molar-refractivity contribution in [3.05, 3.63) is 71.4 Å². The van der Waals surface area contributed by atoms with Crippen molar-refractivity contribution in [3.8, 4) is 23.3 Å². The van der Waals surface area contributed by atoms with Crippen LogP contribution in [0.1, 0.15) is 36.5 Å². The summed E-state index contributed by atoms with van der Waals surface area (Å²) in [5.74, 6) is 0.627. The zero-order valence-electron chi connectivity index (χ0n) is 27.7. The highest BCUT2D eigenvalue weighted by Gasteiger charge is 2.67. The van der Waals surface area contributed by atoms with Gasteiger partial charge in [-0.25, -0.2) is 4.98 Å². The van der Waals surface area contributed by atoms with Crippen molar-refractivity contribution < 1.29 is 27.4 Å². The number of rotatable bonds is 9. The number of likely N-dealkylation sites (tertiary alicyclic amines) is 3. The smallest absolute Gasteiger partial charge is 0.288 e. The fourth-order valence-electron chi connectivity index (χ4n) is 7.99. The summed E-state index contributed by atoms with van der Waals surface area (Å²) < 4.78 is 46.7. The van der Waals surface area contributed by atoms with Gasteiger partial charge in [-0.3, -0.25) is 14.6 Å². The quantitative estimate of drug-likeness (QED) is 0.333. The molecule has 4 aliphatic rings. The van der Waals surface area contributed by atoms with Crippen molar-refractivity contribution in [3.63, 3.8) is 0 Å². The fraction of sp³-hybridized carbons (Fsp3) is 0.457. The van der Waals surface area contributed by atoms with Gasteiger partial charge in [0.05, 0.1) is 44.3 Å². The van der Waals surface area contributed by atoms with Gasteiger partial charge in [-0.15, -0.1) is 0 Å². The van der Waals surface area contributed by atoms with Gasteiger partial charge in [0.15, 0.2) is 10.6 Å². The van der Waals surface area contributed by atoms with Crippen molar-refractivity contribution in [1.29, 1.82) is 5.26 Å². The van der Waals surface area contributed by atoms with Crippen molar-refractivity contribution in [2.75, 3.05) is 71.4 Å². The van der Waals surface area contributed by atoms with Crippen molar-refractivity contribution in [2.45, 2.75) is 36.4 Å². The maximum Gasteiger partial charge on any atom is 0.288 e. The molecule has 0 radical (unpaired) electrons. The summed E-state index contributed by atoms with van der Waals surface area (Å²) in [5.41, 5.74) is -0.311. The summed E-state index contributed by atoms with van der Waals surface area (Å²) in [5, 5.41) is 9.70. The molecule has 7 rings (SSSR count). The zero-order chi connectivity index (χ0) is 33.8. The van der Waals surface area contributed by atoms with Gasteiger partial charge >= 0.3 is 0 Å². The molecule has 48 heavy (non-hydrogen) atoms. The van der Waals surface area contributed by atoms with Crippen LogP contribution in [0.15, 0.2) is 59.8 Å². The molecule has 13 heteroatoms. The minimum absolute atomic E-state index is 0.0297. The minimum Gasteiger partial charge on any atom is -0.497 e. The van der Waals surface area contributed by atoms with Crippen LogP contribution in [0.5, 0.6) is 17.2 Å². The van der Waals surface area contributed by atoms with Crippen molar-refractivity contribution in [1.82, 2.24) is 19.7 Å². The van der Waals surface area contributed by atoms with E-state index in [2.05, 4.69) is 32.8 Å². The van der Waals surface area contributed by atoms with E-state index in [1.165, 1.54) is 37.6 Å². The third kappa shape index (κ3) is 4.92. The third-order valence-corrected chi connectivity index (χ3v) is 12.0. The average molecular weight is 673 g/mol. The molecule has 1 aromatic heterocycles. The van der Waals surface area contributed by atoms with Crippen LogP contribution < -0.4 is 18.5 Å². The molecule has 0 aliphatic carbocycles. The molecular formula is C35H40N6O6S. The van der Waals surface area contributed by atoms with Crippen LogP contribution in [0.3, 0.4) is 0 Å². The second-order valence-electron chi connectivity index (χ2n) is 13.3. The first kappa shape index (κ1) is 32.3. The number of nitrogens with zero attached hydrogens (tertiary/aromatic N) is 6. The molecule has 0 N–H and O–H groups in total. The molecule has 1 atom stereocenters. The maximum absolute atomic E-state index is 15.3. The third-order valence-electron chi connectivity index (χ3n) is 10.4. The lowest BCUT2D eigenvalue weighted by Gasteiger charge is -2.65. The monoisotopic (exact) mass is 672 g/mol. The summed E-state index contributed by atoms with van der Waals surface area (Å²) in [4.78, 5) is 26.5. The minimum atomic E-state index is -4.51. The van der Waals surface area contributed by atoms with E-state index in [4.69, 9.17) is 14.2 Å². The van der Waals surface area contributed by atoms with Crippen LogP contribution >= 0.6 is 0 Å². The van der Waals surface area contributed by atoms with E-state index in [1.807, 2.05) is 6.92 Å². The predicted molar refractivity (Wildman–Crippen MR) is 178 cm³/mol. The highest BCUT2D eigenvalue weighted by molar-refractivity contribution is 7.93. The topological polar surface area (TPSA) is 129 Å². The highest BCUT2D eigenvalue weighted by Crippen LogP contribution is 2.57. The van der Waals surface area contributed by atoms with Gasteiger partial charge in [-0.05, 0) is 88.4 Å². The number of piperidine rings is 1. The number of methoxy groups -OCH3 is 2. The lowest BCUT2D eigenvalue weighted by atomic mass is 9.67. The largest absolute Gasteiger partial charge is 0.497 e. The highest BCUT2D eigenvalue weighted by atomic mass is 32.2. The summed E-state index contributed by atoms with van der Waals surface area (Å²) >= 11 is 0. The van der Waals surface area contributed by atoms with Gasteiger partial charge < -0.3 is 19.1 Å². The first-order chi connectivity index (χ1) is 23.1.